The summed E-state index contributed by atoms with van der Waals surface area (Å²) < 4.78 is 22.6. The predicted molar refractivity (Wildman–Crippen MR) is 195 cm³/mol. The summed E-state index contributed by atoms with van der Waals surface area (Å²) in [5, 5.41) is 5.83. The number of carbonyl (C=O) groups excluding carboxylic acids is 4. The van der Waals surface area contributed by atoms with Gasteiger partial charge in [-0.3, -0.25) is 20.2 Å². The molecule has 0 bridgehead atoms. The molecule has 3 rings (SSSR count). The number of esters is 1. The van der Waals surface area contributed by atoms with E-state index in [4.69, 9.17) is 18.9 Å². The maximum atomic E-state index is 14.1. The molecule has 1 aromatic rings. The molecule has 0 radical (unpaired) electrons. The fourth-order valence-electron chi connectivity index (χ4n) is 6.02. The molecule has 2 aliphatic rings. The van der Waals surface area contributed by atoms with E-state index in [1.54, 1.807) is 41.5 Å². The van der Waals surface area contributed by atoms with Gasteiger partial charge in [-0.05, 0) is 113 Å². The van der Waals surface area contributed by atoms with E-state index in [0.717, 1.165) is 24.8 Å². The second-order valence-corrected chi connectivity index (χ2v) is 16.3. The molecule has 0 aromatic heterocycles. The van der Waals surface area contributed by atoms with Crippen LogP contribution in [0.15, 0.2) is 35.3 Å². The Labute approximate surface area is 304 Å². The zero-order valence-electron chi connectivity index (χ0n) is 32.2. The lowest BCUT2D eigenvalue weighted by molar-refractivity contribution is -0.154. The first-order chi connectivity index (χ1) is 23.8. The molecule has 0 saturated carbocycles. The van der Waals surface area contributed by atoms with E-state index in [-0.39, 0.29) is 30.6 Å². The summed E-state index contributed by atoms with van der Waals surface area (Å²) in [4.78, 5) is 59.6. The van der Waals surface area contributed by atoms with Gasteiger partial charge in [0.2, 0.25) is 11.9 Å². The molecule has 2 saturated heterocycles. The summed E-state index contributed by atoms with van der Waals surface area (Å²) in [6, 6.07) is 9.27. The Morgan fingerprint density at radius 1 is 0.824 bits per heavy atom. The van der Waals surface area contributed by atoms with Crippen molar-refractivity contribution in [1.29, 1.82) is 0 Å². The van der Waals surface area contributed by atoms with Gasteiger partial charge in [0.1, 0.15) is 16.8 Å². The SMILES string of the molecule is CC(C)(C)OC(=O)CN[C@H](Cc1ccccc1)C(=O)N1CCCCC1CCOC1CCN(/C(=N/C(=O)OC(C)(C)C)NC(=O)OC(C)(C)C)CC1. The van der Waals surface area contributed by atoms with E-state index in [2.05, 4.69) is 15.6 Å². The summed E-state index contributed by atoms with van der Waals surface area (Å²) in [5.41, 5.74) is -1.06. The van der Waals surface area contributed by atoms with Crippen LogP contribution in [0, 0.1) is 0 Å². The third-order valence-electron chi connectivity index (χ3n) is 8.15. The first kappa shape index (κ1) is 41.7. The zero-order valence-corrected chi connectivity index (χ0v) is 32.2. The lowest BCUT2D eigenvalue weighted by atomic mass is 9.97. The lowest BCUT2D eigenvalue weighted by Crippen LogP contribution is -2.54. The number of nitrogens with one attached hydrogen (secondary N) is 2. The van der Waals surface area contributed by atoms with Gasteiger partial charge in [-0.1, -0.05) is 30.3 Å². The highest BCUT2D eigenvalue weighted by molar-refractivity contribution is 5.99. The van der Waals surface area contributed by atoms with E-state index < -0.39 is 41.0 Å². The van der Waals surface area contributed by atoms with Crippen LogP contribution in [-0.4, -0.2) is 108 Å². The number of hydrogen-bond donors (Lipinski definition) is 2. The molecular formula is C38H61N5O8. The Morgan fingerprint density at radius 2 is 1.45 bits per heavy atom. The highest BCUT2D eigenvalue weighted by Gasteiger charge is 2.33. The summed E-state index contributed by atoms with van der Waals surface area (Å²) in [7, 11) is 0. The molecule has 51 heavy (non-hydrogen) atoms. The number of alkyl carbamates (subject to hydrolysis) is 1. The number of aliphatic imine (C=N–C) groups is 1. The molecule has 2 fully saturated rings. The largest absolute Gasteiger partial charge is 0.459 e. The predicted octanol–water partition coefficient (Wildman–Crippen LogP) is 5.60. The maximum absolute atomic E-state index is 14.1. The number of amides is 3. The Hall–Kier alpha value is -3.71. The summed E-state index contributed by atoms with van der Waals surface area (Å²) in [6.45, 7) is 18.1. The minimum Gasteiger partial charge on any atom is -0.459 e. The van der Waals surface area contributed by atoms with Crippen LogP contribution in [0.4, 0.5) is 9.59 Å². The van der Waals surface area contributed by atoms with Gasteiger partial charge in [0.25, 0.3) is 0 Å². The Morgan fingerprint density at radius 3 is 2.06 bits per heavy atom. The first-order valence-corrected chi connectivity index (χ1v) is 18.3. The number of benzene rings is 1. The average molecular weight is 716 g/mol. The highest BCUT2D eigenvalue weighted by atomic mass is 16.6. The number of rotatable bonds is 10. The fraction of sp³-hybridized carbons (Fsp3) is 0.711. The topological polar surface area (TPSA) is 148 Å². The van der Waals surface area contributed by atoms with Crippen LogP contribution in [0.25, 0.3) is 0 Å². The van der Waals surface area contributed by atoms with Crippen LogP contribution < -0.4 is 10.6 Å². The molecule has 0 aliphatic carbocycles. The molecule has 13 nitrogen and oxygen atoms in total. The second-order valence-electron chi connectivity index (χ2n) is 16.3. The molecule has 2 N–H and O–H groups in total. The normalized spacial score (nSPS) is 18.5. The number of hydrogen-bond acceptors (Lipinski definition) is 9. The molecular weight excluding hydrogens is 654 g/mol. The molecule has 286 valence electrons. The summed E-state index contributed by atoms with van der Waals surface area (Å²) in [5.74, 6) is -0.333. The maximum Gasteiger partial charge on any atom is 0.437 e. The van der Waals surface area contributed by atoms with Gasteiger partial charge in [0, 0.05) is 32.3 Å². The minimum absolute atomic E-state index is 0.0188. The highest BCUT2D eigenvalue weighted by Crippen LogP contribution is 2.23. The Balaban J connectivity index is 1.59. The third kappa shape index (κ3) is 16.0. The monoisotopic (exact) mass is 715 g/mol. The number of ether oxygens (including phenoxy) is 4. The molecule has 3 amide bonds. The minimum atomic E-state index is -0.801. The molecule has 2 atom stereocenters. The molecule has 2 heterocycles. The van der Waals surface area contributed by atoms with Gasteiger partial charge in [-0.15, -0.1) is 4.99 Å². The number of piperidine rings is 2. The van der Waals surface area contributed by atoms with Crippen molar-refractivity contribution >= 4 is 30.0 Å². The van der Waals surface area contributed by atoms with E-state index in [1.807, 2.05) is 60.9 Å². The second kappa shape index (κ2) is 18.7. The van der Waals surface area contributed by atoms with Crippen molar-refractivity contribution in [3.63, 3.8) is 0 Å². The molecule has 0 spiro atoms. The number of carbonyl (C=O) groups is 4. The number of nitrogens with zero attached hydrogens (tertiary/aromatic N) is 3. The van der Waals surface area contributed by atoms with Crippen molar-refractivity contribution < 1.29 is 38.1 Å². The van der Waals surface area contributed by atoms with Crippen molar-refractivity contribution in [3.05, 3.63) is 35.9 Å². The van der Waals surface area contributed by atoms with Crippen molar-refractivity contribution in [1.82, 2.24) is 20.4 Å². The number of likely N-dealkylation sites (tertiary alicyclic amines) is 2. The Kier molecular flexibility index (Phi) is 15.3. The quantitative estimate of drug-likeness (QED) is 0.136. The van der Waals surface area contributed by atoms with Crippen molar-refractivity contribution in [2.45, 2.75) is 142 Å². The van der Waals surface area contributed by atoms with Crippen molar-refractivity contribution in [3.8, 4) is 0 Å². The van der Waals surface area contributed by atoms with Crippen LogP contribution in [0.2, 0.25) is 0 Å². The third-order valence-corrected chi connectivity index (χ3v) is 8.15. The van der Waals surface area contributed by atoms with Gasteiger partial charge in [-0.25, -0.2) is 9.59 Å². The number of guanidine groups is 1. The van der Waals surface area contributed by atoms with Gasteiger partial charge in [-0.2, -0.15) is 0 Å². The van der Waals surface area contributed by atoms with E-state index in [0.29, 0.717) is 51.9 Å². The standard InChI is InChI=1S/C38H61N5O8/c1-36(2,3)49-31(44)26-39-30(25-27-15-11-10-12-16-27)32(45)43-21-14-13-17-28(43)20-24-48-29-18-22-42(23-19-29)33(40-34(46)50-37(4,5)6)41-35(47)51-38(7,8)9/h10-12,15-16,28-30,39H,13-14,17-26H2,1-9H3,(H,40,41,46,47)/t28?,30-/m1/s1. The van der Waals surface area contributed by atoms with Crippen LogP contribution in [0.1, 0.15) is 106 Å². The van der Waals surface area contributed by atoms with Crippen molar-refractivity contribution in [2.24, 2.45) is 4.99 Å². The van der Waals surface area contributed by atoms with Crippen LogP contribution in [0.5, 0.6) is 0 Å². The van der Waals surface area contributed by atoms with Gasteiger partial charge in [0.05, 0.1) is 18.7 Å². The lowest BCUT2D eigenvalue weighted by Gasteiger charge is -2.39. The Bertz CT molecular complexity index is 1320. The first-order valence-electron chi connectivity index (χ1n) is 18.3. The van der Waals surface area contributed by atoms with Crippen LogP contribution in [-0.2, 0) is 35.0 Å². The van der Waals surface area contributed by atoms with Crippen LogP contribution in [0.3, 0.4) is 0 Å². The fourth-order valence-corrected chi connectivity index (χ4v) is 6.02. The van der Waals surface area contributed by atoms with Crippen molar-refractivity contribution in [2.75, 3.05) is 32.8 Å². The van der Waals surface area contributed by atoms with Gasteiger partial charge < -0.3 is 28.7 Å². The summed E-state index contributed by atoms with van der Waals surface area (Å²) >= 11 is 0. The van der Waals surface area contributed by atoms with Gasteiger partial charge >= 0.3 is 18.2 Å². The molecule has 1 aromatic carbocycles. The van der Waals surface area contributed by atoms with E-state index in [1.165, 1.54) is 0 Å². The molecule has 2 aliphatic heterocycles. The molecule has 13 heteroatoms. The van der Waals surface area contributed by atoms with E-state index >= 15 is 0 Å². The average Bonchev–Trinajstić information content (AvgIpc) is 3.01. The molecule has 1 unspecified atom stereocenters. The van der Waals surface area contributed by atoms with E-state index in [9.17, 15) is 19.2 Å². The summed E-state index contributed by atoms with van der Waals surface area (Å²) in [6.07, 6.45) is 3.78. The zero-order chi connectivity index (χ0) is 37.8. The smallest absolute Gasteiger partial charge is 0.437 e. The van der Waals surface area contributed by atoms with Crippen LogP contribution >= 0.6 is 0 Å². The van der Waals surface area contributed by atoms with Gasteiger partial charge in [0.15, 0.2) is 0 Å².